The van der Waals surface area contributed by atoms with Crippen molar-refractivity contribution in [3.05, 3.63) is 59.7 Å². The Morgan fingerprint density at radius 1 is 0.684 bits per heavy atom. The monoisotopic (exact) mass is 310 g/mol. The molecular weight excluding hydrogens is 298 g/mol. The third-order valence-electron chi connectivity index (χ3n) is 2.15. The van der Waals surface area contributed by atoms with E-state index in [4.69, 9.17) is 19.8 Å². The van der Waals surface area contributed by atoms with E-state index in [-0.39, 0.29) is 31.0 Å². The largest absolute Gasteiger partial charge is 0.507 e. The average Bonchev–Trinajstić information content (AvgIpc) is 2.41. The predicted molar refractivity (Wildman–Crippen MR) is 70.4 cm³/mol. The van der Waals surface area contributed by atoms with Crippen molar-refractivity contribution in [1.82, 2.24) is 0 Å². The van der Waals surface area contributed by atoms with Gasteiger partial charge < -0.3 is 10.2 Å². The molecule has 0 saturated carbocycles. The van der Waals surface area contributed by atoms with Crippen molar-refractivity contribution in [2.45, 2.75) is 0 Å². The standard InChI is InChI=1S/2C7H6O2.Zn/c2*8-5-6-3-1-2-4-7(6)9;/h2*1-5,9H;/p+2. The van der Waals surface area contributed by atoms with E-state index in [1.807, 2.05) is 0 Å². The molecule has 4 nitrogen and oxygen atoms in total. The molecule has 0 aromatic heterocycles. The summed E-state index contributed by atoms with van der Waals surface area (Å²) in [5.41, 5.74) is 0.884. The Morgan fingerprint density at radius 3 is 1.21 bits per heavy atom. The van der Waals surface area contributed by atoms with Crippen LogP contribution in [0.4, 0.5) is 0 Å². The summed E-state index contributed by atoms with van der Waals surface area (Å²) in [5.74, 6) is 0.194. The van der Waals surface area contributed by atoms with Crippen LogP contribution in [0.25, 0.3) is 0 Å². The molecule has 0 spiro atoms. The van der Waals surface area contributed by atoms with E-state index in [2.05, 4.69) is 0 Å². The van der Waals surface area contributed by atoms with Crippen LogP contribution in [0, 0.1) is 0 Å². The van der Waals surface area contributed by atoms with Crippen LogP contribution in [-0.4, -0.2) is 32.4 Å². The van der Waals surface area contributed by atoms with Crippen LogP contribution in [0.15, 0.2) is 48.5 Å². The van der Waals surface area contributed by atoms with E-state index < -0.39 is 0 Å². The topological polar surface area (TPSA) is 83.3 Å². The van der Waals surface area contributed by atoms with Crippen LogP contribution in [0.5, 0.6) is 11.5 Å². The number of hydrogen-bond acceptors (Lipinski definition) is 2. The first-order chi connectivity index (χ1) is 8.69. The average molecular weight is 312 g/mol. The molecule has 2 aromatic rings. The maximum atomic E-state index is 8.92. The van der Waals surface area contributed by atoms with Gasteiger partial charge in [-0.1, -0.05) is 24.3 Å². The third kappa shape index (κ3) is 5.45. The third-order valence-corrected chi connectivity index (χ3v) is 2.15. The molecule has 0 fully saturated rings. The van der Waals surface area contributed by atoms with Crippen molar-refractivity contribution in [1.29, 1.82) is 0 Å². The molecule has 0 aliphatic carbocycles. The van der Waals surface area contributed by atoms with Crippen LogP contribution in [-0.2, 0) is 19.5 Å². The van der Waals surface area contributed by atoms with Gasteiger partial charge in [0.15, 0.2) is 0 Å². The summed E-state index contributed by atoms with van der Waals surface area (Å²) in [6.07, 6.45) is 1.74. The predicted octanol–water partition coefficient (Wildman–Crippen LogP) is 1.83. The maximum absolute atomic E-state index is 8.92. The Labute approximate surface area is 123 Å². The molecule has 0 aliphatic rings. The zero-order chi connectivity index (χ0) is 13.4. The summed E-state index contributed by atoms with van der Waals surface area (Å²) >= 11 is 0. The van der Waals surface area contributed by atoms with Gasteiger partial charge >= 0.3 is 12.6 Å². The first kappa shape index (κ1) is 17.0. The smallest absolute Gasteiger partial charge is 0.316 e. The molecule has 0 heterocycles. The Kier molecular flexibility index (Phi) is 8.06. The van der Waals surface area contributed by atoms with Gasteiger partial charge in [0.05, 0.1) is 0 Å². The minimum absolute atomic E-state index is 0. The zero-order valence-corrected chi connectivity index (χ0v) is 13.2. The summed E-state index contributed by atoms with van der Waals surface area (Å²) < 4.78 is 0. The Morgan fingerprint density at radius 2 is 1.00 bits per heavy atom. The number of aromatic hydroxyl groups is 2. The Balaban J connectivity index is 0.000000324. The summed E-state index contributed by atoms with van der Waals surface area (Å²) in [5, 5.41) is 17.8. The SMILES string of the molecule is Oc1ccccc1C=[OH+].Oc1ccccc1C=[OH+].[Zn]. The number of carbonyl (C=O) groups excluding carboxylic acids is 2. The fourth-order valence-electron chi connectivity index (χ4n) is 1.19. The summed E-state index contributed by atoms with van der Waals surface area (Å²) in [6, 6.07) is 13.1. The minimum atomic E-state index is 0. The summed E-state index contributed by atoms with van der Waals surface area (Å²) in [7, 11) is 0. The molecule has 0 atom stereocenters. The van der Waals surface area contributed by atoms with Crippen molar-refractivity contribution in [2.24, 2.45) is 0 Å². The number of hydrogen-bond donors (Lipinski definition) is 2. The van der Waals surface area contributed by atoms with E-state index in [1.165, 1.54) is 12.1 Å². The molecule has 5 heteroatoms. The van der Waals surface area contributed by atoms with Gasteiger partial charge in [0.25, 0.3) is 0 Å². The second-order valence-electron chi connectivity index (χ2n) is 3.38. The molecule has 0 amide bonds. The van der Waals surface area contributed by atoms with Gasteiger partial charge in [-0.15, -0.1) is 0 Å². The van der Waals surface area contributed by atoms with Crippen molar-refractivity contribution in [3.63, 3.8) is 0 Å². The van der Waals surface area contributed by atoms with Gasteiger partial charge in [-0.3, -0.25) is 9.59 Å². The second kappa shape index (κ2) is 9.00. The van der Waals surface area contributed by atoms with Crippen molar-refractivity contribution < 1.29 is 39.3 Å². The molecule has 0 radical (unpaired) electrons. The molecule has 94 valence electrons. The van der Waals surface area contributed by atoms with Gasteiger partial charge in [0, 0.05) is 19.5 Å². The van der Waals surface area contributed by atoms with E-state index in [9.17, 15) is 0 Å². The van der Waals surface area contributed by atoms with Crippen LogP contribution < -0.4 is 0 Å². The molecule has 0 aliphatic heterocycles. The zero-order valence-electron chi connectivity index (χ0n) is 10.3. The molecule has 0 unspecified atom stereocenters. The first-order valence-electron chi connectivity index (χ1n) is 5.20. The molecule has 2 aromatic carbocycles. The number of benzene rings is 2. The Hall–Kier alpha value is -2.00. The number of rotatable bonds is 2. The van der Waals surface area contributed by atoms with Gasteiger partial charge in [-0.2, -0.15) is 0 Å². The number of para-hydroxylation sites is 2. The van der Waals surface area contributed by atoms with Crippen molar-refractivity contribution in [2.75, 3.05) is 0 Å². The minimum Gasteiger partial charge on any atom is -0.507 e. The van der Waals surface area contributed by atoms with Gasteiger partial charge in [-0.25, -0.2) is 0 Å². The summed E-state index contributed by atoms with van der Waals surface area (Å²) in [6.45, 7) is 0. The quantitative estimate of drug-likeness (QED) is 0.504. The first-order valence-corrected chi connectivity index (χ1v) is 5.20. The number of aldehydes is 2. The summed E-state index contributed by atoms with van der Waals surface area (Å²) in [4.78, 5) is 16.9. The van der Waals surface area contributed by atoms with Crippen molar-refractivity contribution in [3.8, 4) is 11.5 Å². The fraction of sp³-hybridized carbons (Fsp3) is 0. The van der Waals surface area contributed by atoms with Gasteiger partial charge in [0.1, 0.15) is 22.6 Å². The van der Waals surface area contributed by atoms with Crippen LogP contribution in [0.1, 0.15) is 11.1 Å². The maximum Gasteiger partial charge on any atom is 0.316 e. The molecule has 4 N–H and O–H groups in total. The van der Waals surface area contributed by atoms with E-state index in [1.54, 1.807) is 36.4 Å². The van der Waals surface area contributed by atoms with Gasteiger partial charge in [0.2, 0.25) is 0 Å². The number of phenolic OH excluding ortho intramolecular Hbond substituents is 2. The molecule has 0 bridgehead atoms. The Bertz CT molecular complexity index is 491. The van der Waals surface area contributed by atoms with Crippen LogP contribution in [0.3, 0.4) is 0 Å². The molecular formula is C14H14O4Zn+2. The fourth-order valence-corrected chi connectivity index (χ4v) is 1.19. The van der Waals surface area contributed by atoms with Crippen LogP contribution >= 0.6 is 0 Å². The number of phenols is 2. The second-order valence-corrected chi connectivity index (χ2v) is 3.38. The molecule has 0 saturated heterocycles. The van der Waals surface area contributed by atoms with Crippen molar-refractivity contribution >= 4 is 12.6 Å². The molecule has 19 heavy (non-hydrogen) atoms. The van der Waals surface area contributed by atoms with Crippen LogP contribution in [0.2, 0.25) is 0 Å². The van der Waals surface area contributed by atoms with E-state index >= 15 is 0 Å². The molecule has 2 rings (SSSR count). The van der Waals surface area contributed by atoms with Gasteiger partial charge in [-0.05, 0) is 24.3 Å². The van der Waals surface area contributed by atoms with E-state index in [0.29, 0.717) is 11.1 Å². The normalized spacial score (nSPS) is 8.42. The van der Waals surface area contributed by atoms with E-state index in [0.717, 1.165) is 12.6 Å².